The Kier molecular flexibility index (Phi) is 5.03. The molecule has 0 aliphatic heterocycles. The minimum absolute atomic E-state index is 0.101. The summed E-state index contributed by atoms with van der Waals surface area (Å²) in [6.45, 7) is 4.14. The third-order valence-electron chi connectivity index (χ3n) is 2.04. The Bertz CT molecular complexity index is 450. The second-order valence-electron chi connectivity index (χ2n) is 4.27. The maximum atomic E-state index is 12.1. The molecule has 0 unspecified atom stereocenters. The van der Waals surface area contributed by atoms with Gasteiger partial charge < -0.3 is 10.6 Å². The molecular formula is C11H15ClN4O2. The van der Waals surface area contributed by atoms with Crippen molar-refractivity contribution in [3.63, 3.8) is 0 Å². The van der Waals surface area contributed by atoms with Gasteiger partial charge in [0.05, 0.1) is 18.9 Å². The van der Waals surface area contributed by atoms with Crippen LogP contribution in [0.5, 0.6) is 0 Å². The molecule has 0 spiro atoms. The number of hydrogen-bond donors (Lipinski definition) is 1. The summed E-state index contributed by atoms with van der Waals surface area (Å²) in [5.41, 5.74) is 5.22. The molecule has 1 aromatic heterocycles. The molecule has 0 aliphatic carbocycles. The molecule has 0 atom stereocenters. The fourth-order valence-corrected chi connectivity index (χ4v) is 1.60. The number of halogens is 1. The van der Waals surface area contributed by atoms with Gasteiger partial charge in [-0.05, 0) is 5.92 Å². The van der Waals surface area contributed by atoms with Gasteiger partial charge in [0.15, 0.2) is 0 Å². The van der Waals surface area contributed by atoms with E-state index in [1.807, 2.05) is 13.8 Å². The number of nitrogens with two attached hydrogens (primary N) is 1. The molecule has 0 aromatic carbocycles. The van der Waals surface area contributed by atoms with Crippen molar-refractivity contribution in [3.05, 3.63) is 23.2 Å². The summed E-state index contributed by atoms with van der Waals surface area (Å²) < 4.78 is 0. The van der Waals surface area contributed by atoms with Gasteiger partial charge in [-0.3, -0.25) is 14.6 Å². The molecule has 98 valence electrons. The molecule has 0 radical (unpaired) electrons. The monoisotopic (exact) mass is 270 g/mol. The summed E-state index contributed by atoms with van der Waals surface area (Å²) in [5.74, 6) is -0.767. The normalized spacial score (nSPS) is 10.4. The van der Waals surface area contributed by atoms with E-state index in [4.69, 9.17) is 17.3 Å². The van der Waals surface area contributed by atoms with Crippen LogP contribution in [0, 0.1) is 5.92 Å². The van der Waals surface area contributed by atoms with Gasteiger partial charge in [-0.1, -0.05) is 25.4 Å². The fraction of sp³-hybridized carbons (Fsp3) is 0.455. The van der Waals surface area contributed by atoms with Crippen LogP contribution in [-0.2, 0) is 4.79 Å². The van der Waals surface area contributed by atoms with Crippen LogP contribution in [0.1, 0.15) is 24.3 Å². The first kappa shape index (κ1) is 14.4. The van der Waals surface area contributed by atoms with E-state index in [2.05, 4.69) is 9.97 Å². The summed E-state index contributed by atoms with van der Waals surface area (Å²) in [5, 5.41) is 0.129. The van der Waals surface area contributed by atoms with E-state index in [1.165, 1.54) is 17.3 Å². The molecule has 0 saturated carbocycles. The van der Waals surface area contributed by atoms with Crippen LogP contribution in [0.4, 0.5) is 0 Å². The number of carbonyl (C=O) groups excluding carboxylic acids is 2. The molecule has 1 heterocycles. The van der Waals surface area contributed by atoms with E-state index in [0.29, 0.717) is 6.54 Å². The molecule has 18 heavy (non-hydrogen) atoms. The van der Waals surface area contributed by atoms with Crippen LogP contribution >= 0.6 is 11.6 Å². The summed E-state index contributed by atoms with van der Waals surface area (Å²) in [7, 11) is 0. The molecule has 1 aromatic rings. The lowest BCUT2D eigenvalue weighted by Gasteiger charge is -2.22. The molecule has 2 N–H and O–H groups in total. The van der Waals surface area contributed by atoms with E-state index < -0.39 is 11.8 Å². The lowest BCUT2D eigenvalue weighted by atomic mass is 10.2. The zero-order valence-electron chi connectivity index (χ0n) is 10.3. The SMILES string of the molecule is CC(C)CN(CC(N)=O)C(=O)c1cncc(Cl)n1. The fourth-order valence-electron chi connectivity index (χ4n) is 1.46. The van der Waals surface area contributed by atoms with Gasteiger partial charge in [-0.25, -0.2) is 4.98 Å². The maximum Gasteiger partial charge on any atom is 0.274 e. The molecule has 0 aliphatic rings. The number of carbonyl (C=O) groups is 2. The first-order valence-electron chi connectivity index (χ1n) is 5.45. The highest BCUT2D eigenvalue weighted by atomic mass is 35.5. The number of nitrogens with zero attached hydrogens (tertiary/aromatic N) is 3. The smallest absolute Gasteiger partial charge is 0.274 e. The van der Waals surface area contributed by atoms with Gasteiger partial charge in [0.25, 0.3) is 5.91 Å². The summed E-state index contributed by atoms with van der Waals surface area (Å²) >= 11 is 5.67. The molecule has 0 fully saturated rings. The van der Waals surface area contributed by atoms with E-state index in [9.17, 15) is 9.59 Å². The maximum absolute atomic E-state index is 12.1. The van der Waals surface area contributed by atoms with Crippen molar-refractivity contribution >= 4 is 23.4 Å². The predicted molar refractivity (Wildman–Crippen MR) is 67.0 cm³/mol. The van der Waals surface area contributed by atoms with Crippen molar-refractivity contribution in [2.45, 2.75) is 13.8 Å². The zero-order chi connectivity index (χ0) is 13.7. The van der Waals surface area contributed by atoms with Crippen LogP contribution < -0.4 is 5.73 Å². The Morgan fingerprint density at radius 3 is 2.61 bits per heavy atom. The van der Waals surface area contributed by atoms with Crippen LogP contribution in [-0.4, -0.2) is 39.8 Å². The molecule has 7 heteroatoms. The number of primary amides is 1. The van der Waals surface area contributed by atoms with Gasteiger partial charge in [-0.15, -0.1) is 0 Å². The number of rotatable bonds is 5. The summed E-state index contributed by atoms with van der Waals surface area (Å²) in [4.78, 5) is 32.1. The topological polar surface area (TPSA) is 89.2 Å². The van der Waals surface area contributed by atoms with Crippen LogP contribution in [0.2, 0.25) is 5.15 Å². The highest BCUT2D eigenvalue weighted by Crippen LogP contribution is 2.07. The largest absolute Gasteiger partial charge is 0.368 e. The van der Waals surface area contributed by atoms with Crippen LogP contribution in [0.25, 0.3) is 0 Å². The van der Waals surface area contributed by atoms with E-state index in [1.54, 1.807) is 0 Å². The highest BCUT2D eigenvalue weighted by Gasteiger charge is 2.20. The second kappa shape index (κ2) is 6.30. The third kappa shape index (κ3) is 4.29. The average molecular weight is 271 g/mol. The summed E-state index contributed by atoms with van der Waals surface area (Å²) in [6, 6.07) is 0. The standard InChI is InChI=1S/C11H15ClN4O2/c1-7(2)5-16(6-10(13)17)11(18)8-3-14-4-9(12)15-8/h3-4,7H,5-6H2,1-2H3,(H2,13,17). The number of hydrogen-bond acceptors (Lipinski definition) is 4. The van der Waals surface area contributed by atoms with Gasteiger partial charge >= 0.3 is 0 Å². The lowest BCUT2D eigenvalue weighted by Crippen LogP contribution is -2.40. The zero-order valence-corrected chi connectivity index (χ0v) is 11.0. The Morgan fingerprint density at radius 1 is 1.44 bits per heavy atom. The molecule has 2 amide bonds. The first-order valence-corrected chi connectivity index (χ1v) is 5.83. The molecule has 0 saturated heterocycles. The quantitative estimate of drug-likeness (QED) is 0.853. The lowest BCUT2D eigenvalue weighted by molar-refractivity contribution is -0.118. The Labute approximate surface area is 110 Å². The van der Waals surface area contributed by atoms with E-state index in [-0.39, 0.29) is 23.3 Å². The molecule has 0 bridgehead atoms. The third-order valence-corrected chi connectivity index (χ3v) is 2.23. The van der Waals surface area contributed by atoms with Gasteiger partial charge in [0.2, 0.25) is 5.91 Å². The first-order chi connectivity index (χ1) is 8.40. The molecule has 1 rings (SSSR count). The van der Waals surface area contributed by atoms with Crippen molar-refractivity contribution in [1.82, 2.24) is 14.9 Å². The summed E-state index contributed by atoms with van der Waals surface area (Å²) in [6.07, 6.45) is 2.64. The number of amides is 2. The van der Waals surface area contributed by atoms with Gasteiger partial charge in [0.1, 0.15) is 10.8 Å². The van der Waals surface area contributed by atoms with Crippen LogP contribution in [0.15, 0.2) is 12.4 Å². The van der Waals surface area contributed by atoms with E-state index >= 15 is 0 Å². The van der Waals surface area contributed by atoms with Crippen molar-refractivity contribution in [1.29, 1.82) is 0 Å². The van der Waals surface area contributed by atoms with Crippen molar-refractivity contribution in [2.75, 3.05) is 13.1 Å². The second-order valence-corrected chi connectivity index (χ2v) is 4.66. The molecular weight excluding hydrogens is 256 g/mol. The Hall–Kier alpha value is -1.69. The highest BCUT2D eigenvalue weighted by molar-refractivity contribution is 6.29. The number of aromatic nitrogens is 2. The van der Waals surface area contributed by atoms with Gasteiger partial charge in [-0.2, -0.15) is 0 Å². The Morgan fingerprint density at radius 2 is 2.11 bits per heavy atom. The van der Waals surface area contributed by atoms with Crippen molar-refractivity contribution in [2.24, 2.45) is 11.7 Å². The van der Waals surface area contributed by atoms with E-state index in [0.717, 1.165) is 0 Å². The van der Waals surface area contributed by atoms with Crippen LogP contribution in [0.3, 0.4) is 0 Å². The van der Waals surface area contributed by atoms with Gasteiger partial charge in [0, 0.05) is 6.54 Å². The minimum Gasteiger partial charge on any atom is -0.368 e. The Balaban J connectivity index is 2.90. The van der Waals surface area contributed by atoms with Crippen molar-refractivity contribution < 1.29 is 9.59 Å². The molecule has 6 nitrogen and oxygen atoms in total. The minimum atomic E-state index is -0.570. The average Bonchev–Trinajstić information content (AvgIpc) is 2.26. The van der Waals surface area contributed by atoms with Crippen molar-refractivity contribution in [3.8, 4) is 0 Å². The predicted octanol–water partition coefficient (Wildman–Crippen LogP) is 0.713.